The van der Waals surface area contributed by atoms with E-state index in [9.17, 15) is 0 Å². The monoisotopic (exact) mass is 1820 g/mol. The van der Waals surface area contributed by atoms with Crippen LogP contribution >= 0.6 is 31.7 Å². The van der Waals surface area contributed by atoms with Crippen molar-refractivity contribution in [1.29, 1.82) is 0 Å². The normalized spacial score (nSPS) is 10.2. The van der Waals surface area contributed by atoms with Gasteiger partial charge < -0.3 is 0 Å². The molecule has 0 saturated heterocycles. The van der Waals surface area contributed by atoms with Gasteiger partial charge in [-0.25, -0.2) is 0 Å². The Bertz CT molecular complexity index is 4200. The molecule has 0 aliphatic carbocycles. The van der Waals surface area contributed by atoms with Gasteiger partial charge in [0.2, 0.25) is 0 Å². The molecule has 0 aliphatic rings. The molecule has 17 rings (SSSR count). The Kier molecular flexibility index (Phi) is 33.9. The molecule has 17 aromatic rings. The van der Waals surface area contributed by atoms with Crippen LogP contribution in [0, 0.1) is 24.3 Å². The molecule has 0 atom stereocenters. The van der Waals surface area contributed by atoms with E-state index in [1.807, 2.05) is 48.5 Å². The maximum Gasteiger partial charge on any atom is 2.00 e. The summed E-state index contributed by atoms with van der Waals surface area (Å²) in [6, 6.07) is 183. The van der Waals surface area contributed by atoms with Crippen LogP contribution in [0.15, 0.2) is 485 Å². The fraction of sp³-hybridized carbons (Fsp3) is 0. The van der Waals surface area contributed by atoms with Gasteiger partial charge in [-0.15, -0.1) is 11.1 Å². The van der Waals surface area contributed by atoms with Gasteiger partial charge in [0.1, 0.15) is 63.7 Å². The first-order chi connectivity index (χ1) is 52.7. The minimum Gasteiger partial charge on any atom is -0.184 e. The van der Waals surface area contributed by atoms with Crippen molar-refractivity contribution < 1.29 is 42.1 Å². The zero-order valence-corrected chi connectivity index (χ0v) is 68.4. The van der Waals surface area contributed by atoms with E-state index >= 15 is 0 Å². The van der Waals surface area contributed by atoms with Gasteiger partial charge >= 0.3 is 42.1 Å². The van der Waals surface area contributed by atoms with E-state index in [0.29, 0.717) is 0 Å². The van der Waals surface area contributed by atoms with Crippen LogP contribution in [-0.4, -0.2) is 0 Å². The Morgan fingerprint density at radius 3 is 0.306 bits per heavy atom. The summed E-state index contributed by atoms with van der Waals surface area (Å²) in [5.41, 5.74) is 7.36. The number of rotatable bonds is 15. The first-order valence-corrected chi connectivity index (χ1v) is 41.8. The maximum absolute atomic E-state index is 3.04. The van der Waals surface area contributed by atoms with E-state index in [2.05, 4.69) is 461 Å². The van der Waals surface area contributed by atoms with E-state index < -0.39 is 31.7 Å². The van der Waals surface area contributed by atoms with Gasteiger partial charge in [-0.1, -0.05) is 243 Å². The van der Waals surface area contributed by atoms with Crippen molar-refractivity contribution >= 4 is 95.3 Å². The largest absolute Gasteiger partial charge is 2.00 e. The first kappa shape index (κ1) is 80.4. The van der Waals surface area contributed by atoms with E-state index in [0.717, 1.165) is 0 Å². The van der Waals surface area contributed by atoms with Crippen LogP contribution in [0.2, 0.25) is 0 Å². The summed E-state index contributed by atoms with van der Waals surface area (Å²) >= 11 is 0. The van der Waals surface area contributed by atoms with Crippen LogP contribution in [0.5, 0.6) is 0 Å². The van der Waals surface area contributed by atoms with Crippen molar-refractivity contribution in [2.24, 2.45) is 0 Å². The number of benzene rings is 17. The minimum atomic E-state index is -0.877. The molecule has 0 saturated carbocycles. The van der Waals surface area contributed by atoms with Crippen LogP contribution in [-0.2, 0) is 42.1 Å². The topological polar surface area (TPSA) is 0 Å². The van der Waals surface area contributed by atoms with Crippen molar-refractivity contribution in [2.75, 3.05) is 0 Å². The molecule has 108 heavy (non-hydrogen) atoms. The molecule has 0 heterocycles. The summed E-state index contributed by atoms with van der Waals surface area (Å²) in [6.45, 7) is 0. The molecule has 0 radical (unpaired) electrons. The summed E-state index contributed by atoms with van der Waals surface area (Å²) in [4.78, 5) is 0. The van der Waals surface area contributed by atoms with Gasteiger partial charge in [-0.05, 0) is 157 Å². The van der Waals surface area contributed by atoms with Crippen LogP contribution in [0.3, 0.4) is 0 Å². The molecule has 0 fully saturated rings. The molecule has 0 aliphatic heterocycles. The van der Waals surface area contributed by atoms with E-state index in [-0.39, 0.29) is 42.1 Å². The molecule has 6 heteroatoms. The summed E-state index contributed by atoms with van der Waals surface area (Å²) < 4.78 is 0. The van der Waals surface area contributed by atoms with Crippen LogP contribution in [0.1, 0.15) is 0 Å². The van der Waals surface area contributed by atoms with Gasteiger partial charge in [-0.3, -0.25) is 0 Å². The quantitative estimate of drug-likeness (QED) is 0.0709. The molecule has 0 nitrogen and oxygen atoms in total. The summed E-state index contributed by atoms with van der Waals surface area (Å²) in [5.74, 6) is 0. The van der Waals surface area contributed by atoms with E-state index in [4.69, 9.17) is 0 Å². The molecular formula is C102H84P4Pt2+4. The molecule has 0 N–H and O–H groups in total. The summed E-state index contributed by atoms with van der Waals surface area (Å²) in [7, 11) is -3.51. The molecular weight excluding hydrogens is 1740 g/mol. The SMILES string of the molecule is [Pt+2].[Pt+2].[c-]1ccc(-c2cc[c-]cc2)cc1.[c-]1ccc(-c2ccc(-c3cc[c-]cc3)cc2)cc1.c1ccc([PH+](c2ccccc2)c2ccccc2)cc1.c1ccc([PH+](c2ccccc2)c2ccccc2)cc1.c1ccc([PH+](c2ccccc2)c2ccccc2)cc1.c1ccc([PH+](c2ccccc2)c2ccccc2)cc1. The fourth-order valence-corrected chi connectivity index (χ4v) is 22.7. The first-order valence-electron chi connectivity index (χ1n) is 35.8. The number of hydrogen-bond acceptors (Lipinski definition) is 0. The van der Waals surface area contributed by atoms with Gasteiger partial charge in [0, 0.05) is 0 Å². The van der Waals surface area contributed by atoms with E-state index in [1.54, 1.807) is 0 Å². The van der Waals surface area contributed by atoms with Gasteiger partial charge in [-0.2, -0.15) is 132 Å². The summed E-state index contributed by atoms with van der Waals surface area (Å²) in [6.07, 6.45) is 0. The molecule has 0 amide bonds. The standard InChI is InChI=1S/4C18H15P.C18H12.C12H8.2Pt/c4*1-4-10-16(11-5-1)19(17-12-6-2-7-13-17)18-14-8-3-9-15-18;1-3-7-15(8-4-1)17-11-13-18(14-12-17)16-9-5-2-6-10-16;1-3-7-11(8-4-1)12-9-5-2-6-10-12;;/h4*1-15H;3-14H;3-10H;;/q;;;;2*-2;2*+2/p+4. The maximum atomic E-state index is 3.04. The molecule has 528 valence electrons. The Morgan fingerprint density at radius 1 is 0.111 bits per heavy atom. The van der Waals surface area contributed by atoms with Gasteiger partial charge in [0.15, 0.2) is 0 Å². The van der Waals surface area contributed by atoms with Crippen molar-refractivity contribution in [3.8, 4) is 33.4 Å². The Labute approximate surface area is 674 Å². The van der Waals surface area contributed by atoms with Crippen LogP contribution in [0.4, 0.5) is 0 Å². The zero-order valence-electron chi connectivity index (χ0n) is 59.8. The molecule has 0 aromatic heterocycles. The second-order valence-corrected chi connectivity index (χ2v) is 34.6. The van der Waals surface area contributed by atoms with Crippen LogP contribution < -0.4 is 63.7 Å². The zero-order chi connectivity index (χ0) is 72.1. The fourth-order valence-electron chi connectivity index (χ4n) is 12.4. The average molecular weight is 1820 g/mol. The predicted molar refractivity (Wildman–Crippen MR) is 471 cm³/mol. The third kappa shape index (κ3) is 24.4. The van der Waals surface area contributed by atoms with Crippen molar-refractivity contribution in [1.82, 2.24) is 0 Å². The van der Waals surface area contributed by atoms with Crippen molar-refractivity contribution in [3.63, 3.8) is 0 Å². The summed E-state index contributed by atoms with van der Waals surface area (Å²) in [5, 5.41) is 17.2. The third-order valence-corrected chi connectivity index (χ3v) is 28.4. The molecule has 0 unspecified atom stereocenters. The predicted octanol–water partition coefficient (Wildman–Crippen LogP) is 20.3. The Balaban J connectivity index is 0.000000138. The number of hydrogen-bond donors (Lipinski definition) is 0. The second-order valence-electron chi connectivity index (χ2n) is 24.6. The smallest absolute Gasteiger partial charge is 0.184 e. The molecule has 0 bridgehead atoms. The average Bonchev–Trinajstić information content (AvgIpc) is 0.830. The second kappa shape index (κ2) is 45.5. The van der Waals surface area contributed by atoms with Gasteiger partial charge in [0.05, 0.1) is 31.7 Å². The van der Waals surface area contributed by atoms with Crippen molar-refractivity contribution in [2.45, 2.75) is 0 Å². The van der Waals surface area contributed by atoms with Crippen molar-refractivity contribution in [3.05, 3.63) is 510 Å². The van der Waals surface area contributed by atoms with Crippen LogP contribution in [0.25, 0.3) is 33.4 Å². The Morgan fingerprint density at radius 2 is 0.204 bits per heavy atom. The van der Waals surface area contributed by atoms with Gasteiger partial charge in [0.25, 0.3) is 0 Å². The van der Waals surface area contributed by atoms with E-state index in [1.165, 1.54) is 97.0 Å². The molecule has 0 spiro atoms. The molecule has 17 aromatic carbocycles. The Hall–Kier alpha value is -10.2. The minimum absolute atomic E-state index is 0. The third-order valence-electron chi connectivity index (χ3n) is 17.5.